The number of ether oxygens (including phenoxy) is 1. The van der Waals surface area contributed by atoms with E-state index in [-0.39, 0.29) is 0 Å². The maximum absolute atomic E-state index is 9.82. The van der Waals surface area contributed by atoms with Crippen molar-refractivity contribution in [1.29, 1.82) is 0 Å². The average molecular weight is 186 g/mol. The Morgan fingerprint density at radius 3 is 2.38 bits per heavy atom. The third-order valence-electron chi connectivity index (χ3n) is 2.60. The van der Waals surface area contributed by atoms with Crippen LogP contribution >= 0.6 is 0 Å². The van der Waals surface area contributed by atoms with Gasteiger partial charge in [-0.2, -0.15) is 0 Å². The van der Waals surface area contributed by atoms with Gasteiger partial charge in [-0.1, -0.05) is 46.0 Å². The molecule has 2 heteroatoms. The maximum Gasteiger partial charge on any atom is 0.293 e. The van der Waals surface area contributed by atoms with Gasteiger partial charge in [-0.25, -0.2) is 0 Å². The Hall–Kier alpha value is -0.530. The van der Waals surface area contributed by atoms with Crippen molar-refractivity contribution in [1.82, 2.24) is 0 Å². The number of carbonyl (C=O) groups excluding carboxylic acids is 1. The lowest BCUT2D eigenvalue weighted by Crippen LogP contribution is -1.97. The molecule has 0 heterocycles. The van der Waals surface area contributed by atoms with Crippen LogP contribution in [0.4, 0.5) is 0 Å². The summed E-state index contributed by atoms with van der Waals surface area (Å²) in [6.45, 7) is 5.63. The van der Waals surface area contributed by atoms with Crippen LogP contribution in [0.5, 0.6) is 0 Å². The van der Waals surface area contributed by atoms with Crippen molar-refractivity contribution in [2.75, 3.05) is 6.61 Å². The fraction of sp³-hybridized carbons (Fsp3) is 0.909. The number of rotatable bonds is 9. The van der Waals surface area contributed by atoms with E-state index < -0.39 is 0 Å². The van der Waals surface area contributed by atoms with E-state index in [0.717, 1.165) is 12.3 Å². The summed E-state index contributed by atoms with van der Waals surface area (Å²) >= 11 is 0. The lowest BCUT2D eigenvalue weighted by atomic mass is 9.96. The van der Waals surface area contributed by atoms with Gasteiger partial charge in [0, 0.05) is 0 Å². The fourth-order valence-electron chi connectivity index (χ4n) is 1.54. The lowest BCUT2D eigenvalue weighted by Gasteiger charge is -2.10. The summed E-state index contributed by atoms with van der Waals surface area (Å²) in [4.78, 5) is 9.82. The first-order valence-electron chi connectivity index (χ1n) is 5.40. The van der Waals surface area contributed by atoms with Crippen LogP contribution in [-0.4, -0.2) is 13.1 Å². The van der Waals surface area contributed by atoms with Crippen LogP contribution in [0.3, 0.4) is 0 Å². The van der Waals surface area contributed by atoms with Gasteiger partial charge >= 0.3 is 0 Å². The van der Waals surface area contributed by atoms with Gasteiger partial charge in [0.1, 0.15) is 0 Å². The minimum Gasteiger partial charge on any atom is -0.468 e. The first-order chi connectivity index (χ1) is 6.35. The molecule has 13 heavy (non-hydrogen) atoms. The molecule has 0 atom stereocenters. The van der Waals surface area contributed by atoms with E-state index in [2.05, 4.69) is 18.6 Å². The lowest BCUT2D eigenvalue weighted by molar-refractivity contribution is -0.128. The highest BCUT2D eigenvalue weighted by Crippen LogP contribution is 2.16. The van der Waals surface area contributed by atoms with Crippen molar-refractivity contribution in [3.63, 3.8) is 0 Å². The minimum absolute atomic E-state index is 0.529. The van der Waals surface area contributed by atoms with Gasteiger partial charge in [-0.15, -0.1) is 0 Å². The molecule has 0 aromatic rings. The topological polar surface area (TPSA) is 26.3 Å². The van der Waals surface area contributed by atoms with E-state index in [1.54, 1.807) is 0 Å². The highest BCUT2D eigenvalue weighted by atomic mass is 16.5. The van der Waals surface area contributed by atoms with Crippen LogP contribution in [0.1, 0.15) is 52.4 Å². The largest absolute Gasteiger partial charge is 0.468 e. The molecule has 0 rings (SSSR count). The van der Waals surface area contributed by atoms with Crippen molar-refractivity contribution in [3.8, 4) is 0 Å². The number of carbonyl (C=O) groups is 1. The summed E-state index contributed by atoms with van der Waals surface area (Å²) in [5.74, 6) is 0.895. The van der Waals surface area contributed by atoms with Crippen molar-refractivity contribution in [3.05, 3.63) is 0 Å². The van der Waals surface area contributed by atoms with Gasteiger partial charge in [-0.3, -0.25) is 4.79 Å². The quantitative estimate of drug-likeness (QED) is 0.408. The van der Waals surface area contributed by atoms with Crippen LogP contribution in [-0.2, 0) is 9.53 Å². The second-order valence-corrected chi connectivity index (χ2v) is 3.50. The monoisotopic (exact) mass is 186 g/mol. The first kappa shape index (κ1) is 12.5. The molecule has 2 nitrogen and oxygen atoms in total. The molecule has 0 saturated carbocycles. The van der Waals surface area contributed by atoms with Crippen molar-refractivity contribution >= 4 is 6.47 Å². The van der Waals surface area contributed by atoms with Crippen LogP contribution in [0.15, 0.2) is 0 Å². The molecular formula is C11H22O2. The third kappa shape index (κ3) is 7.82. The van der Waals surface area contributed by atoms with E-state index in [1.807, 2.05) is 0 Å². The van der Waals surface area contributed by atoms with Gasteiger partial charge in [-0.05, 0) is 12.3 Å². The first-order valence-corrected chi connectivity index (χ1v) is 5.40. The number of hydrogen-bond donors (Lipinski definition) is 0. The minimum atomic E-state index is 0.529. The van der Waals surface area contributed by atoms with Gasteiger partial charge < -0.3 is 4.74 Å². The standard InChI is InChI=1S/C11H22O2/c1-3-11(4-2)8-6-5-7-9-13-10-12/h10-11H,3-9H2,1-2H3. The zero-order valence-electron chi connectivity index (χ0n) is 8.92. The summed E-state index contributed by atoms with van der Waals surface area (Å²) in [6.07, 6.45) is 7.38. The summed E-state index contributed by atoms with van der Waals surface area (Å²) < 4.78 is 4.61. The van der Waals surface area contributed by atoms with E-state index in [4.69, 9.17) is 0 Å². The second-order valence-electron chi connectivity index (χ2n) is 3.50. The predicted molar refractivity (Wildman–Crippen MR) is 54.6 cm³/mol. The van der Waals surface area contributed by atoms with Crippen molar-refractivity contribution < 1.29 is 9.53 Å². The Labute approximate surface area is 81.7 Å². The molecule has 0 bridgehead atoms. The Bertz CT molecular complexity index is 109. The predicted octanol–water partition coefficient (Wildman–Crippen LogP) is 3.16. The van der Waals surface area contributed by atoms with Crippen LogP contribution in [0.2, 0.25) is 0 Å². The molecule has 0 aromatic heterocycles. The fourth-order valence-corrected chi connectivity index (χ4v) is 1.54. The van der Waals surface area contributed by atoms with E-state index in [0.29, 0.717) is 13.1 Å². The molecule has 0 saturated heterocycles. The Morgan fingerprint density at radius 2 is 1.85 bits per heavy atom. The van der Waals surface area contributed by atoms with Crippen molar-refractivity contribution in [2.45, 2.75) is 52.4 Å². The molecule has 0 fully saturated rings. The Balaban J connectivity index is 3.09. The van der Waals surface area contributed by atoms with Gasteiger partial charge in [0.15, 0.2) is 0 Å². The van der Waals surface area contributed by atoms with E-state index >= 15 is 0 Å². The number of hydrogen-bond acceptors (Lipinski definition) is 2. The van der Waals surface area contributed by atoms with Crippen LogP contribution < -0.4 is 0 Å². The molecule has 0 unspecified atom stereocenters. The average Bonchev–Trinajstić information content (AvgIpc) is 2.17. The van der Waals surface area contributed by atoms with Crippen molar-refractivity contribution in [2.24, 2.45) is 5.92 Å². The van der Waals surface area contributed by atoms with Gasteiger partial charge in [0.2, 0.25) is 0 Å². The molecule has 0 radical (unpaired) electrons. The zero-order chi connectivity index (χ0) is 9.94. The third-order valence-corrected chi connectivity index (χ3v) is 2.60. The molecule has 0 amide bonds. The zero-order valence-corrected chi connectivity index (χ0v) is 8.92. The second kappa shape index (κ2) is 9.56. The molecule has 0 N–H and O–H groups in total. The summed E-state index contributed by atoms with van der Waals surface area (Å²) in [7, 11) is 0. The molecule has 0 aliphatic carbocycles. The normalized spacial score (nSPS) is 10.4. The molecule has 0 aromatic carbocycles. The number of unbranched alkanes of at least 4 members (excludes halogenated alkanes) is 2. The molecule has 78 valence electrons. The maximum atomic E-state index is 9.82. The smallest absolute Gasteiger partial charge is 0.293 e. The molecular weight excluding hydrogens is 164 g/mol. The van der Waals surface area contributed by atoms with Gasteiger partial charge in [0.25, 0.3) is 6.47 Å². The van der Waals surface area contributed by atoms with E-state index in [9.17, 15) is 4.79 Å². The SMILES string of the molecule is CCC(CC)CCCCCOC=O. The highest BCUT2D eigenvalue weighted by molar-refractivity contribution is 5.36. The summed E-state index contributed by atoms with van der Waals surface area (Å²) in [6, 6.07) is 0. The summed E-state index contributed by atoms with van der Waals surface area (Å²) in [5, 5.41) is 0. The Morgan fingerprint density at radius 1 is 1.15 bits per heavy atom. The molecule has 0 aliphatic heterocycles. The highest BCUT2D eigenvalue weighted by Gasteiger charge is 2.01. The van der Waals surface area contributed by atoms with Crippen LogP contribution in [0, 0.1) is 5.92 Å². The molecule has 0 aliphatic rings. The van der Waals surface area contributed by atoms with E-state index in [1.165, 1.54) is 32.1 Å². The van der Waals surface area contributed by atoms with Gasteiger partial charge in [0.05, 0.1) is 6.61 Å². The Kier molecular flexibility index (Phi) is 9.17. The molecule has 0 spiro atoms. The summed E-state index contributed by atoms with van der Waals surface area (Å²) in [5.41, 5.74) is 0. The van der Waals surface area contributed by atoms with Crippen LogP contribution in [0.25, 0.3) is 0 Å².